The Morgan fingerprint density at radius 2 is 2.00 bits per heavy atom. The molecule has 104 valence electrons. The van der Waals surface area contributed by atoms with E-state index in [0.29, 0.717) is 6.54 Å². The fraction of sp³-hybridized carbons (Fsp3) is 0.429. The maximum absolute atomic E-state index is 12.0. The summed E-state index contributed by atoms with van der Waals surface area (Å²) >= 11 is 0. The summed E-state index contributed by atoms with van der Waals surface area (Å²) in [6.45, 7) is 5.68. The van der Waals surface area contributed by atoms with Gasteiger partial charge in [-0.25, -0.2) is 4.79 Å². The molecule has 1 unspecified atom stereocenters. The molecule has 0 bridgehead atoms. The number of benzene rings is 1. The lowest BCUT2D eigenvalue weighted by molar-refractivity contribution is -0.137. The average Bonchev–Trinajstić information content (AvgIpc) is 2.35. The van der Waals surface area contributed by atoms with Gasteiger partial charge in [0.05, 0.1) is 6.04 Å². The zero-order valence-electron chi connectivity index (χ0n) is 11.5. The minimum Gasteiger partial charge on any atom is -0.480 e. The van der Waals surface area contributed by atoms with Gasteiger partial charge in [0.15, 0.2) is 0 Å². The molecule has 1 aromatic rings. The fourth-order valence-corrected chi connectivity index (χ4v) is 1.92. The largest absolute Gasteiger partial charge is 0.480 e. The summed E-state index contributed by atoms with van der Waals surface area (Å²) in [7, 11) is 0. The Hall–Kier alpha value is -2.04. The number of amides is 2. The minimum absolute atomic E-state index is 0.156. The van der Waals surface area contributed by atoms with Crippen LogP contribution in [0.3, 0.4) is 0 Å². The van der Waals surface area contributed by atoms with Crippen molar-refractivity contribution < 1.29 is 14.7 Å². The number of carboxylic acid groups (broad SMARTS) is 1. The predicted molar refractivity (Wildman–Crippen MR) is 73.0 cm³/mol. The van der Waals surface area contributed by atoms with Crippen LogP contribution in [0.15, 0.2) is 24.3 Å². The van der Waals surface area contributed by atoms with Crippen molar-refractivity contribution in [1.82, 2.24) is 10.2 Å². The van der Waals surface area contributed by atoms with Crippen LogP contribution in [0.4, 0.5) is 4.79 Å². The fourth-order valence-electron chi connectivity index (χ4n) is 1.92. The monoisotopic (exact) mass is 264 g/mol. The number of carboxylic acids is 1. The van der Waals surface area contributed by atoms with Gasteiger partial charge in [-0.3, -0.25) is 4.79 Å². The first-order valence-corrected chi connectivity index (χ1v) is 6.28. The standard InChI is InChI=1S/C14H20N2O3/c1-4-16(9-13(17)18)14(19)15-11(3)12-8-6-5-7-10(12)2/h5-8,11H,4,9H2,1-3H3,(H,15,19)(H,17,18). The molecule has 0 aliphatic carbocycles. The van der Waals surface area contributed by atoms with Crippen LogP contribution < -0.4 is 5.32 Å². The molecule has 1 aromatic carbocycles. The summed E-state index contributed by atoms with van der Waals surface area (Å²) in [6, 6.07) is 7.27. The van der Waals surface area contributed by atoms with Crippen molar-refractivity contribution in [2.75, 3.05) is 13.1 Å². The van der Waals surface area contributed by atoms with Gasteiger partial charge in [0.25, 0.3) is 0 Å². The molecule has 5 heteroatoms. The SMILES string of the molecule is CCN(CC(=O)O)C(=O)NC(C)c1ccccc1C. The van der Waals surface area contributed by atoms with Crippen LogP contribution in [-0.4, -0.2) is 35.1 Å². The Morgan fingerprint density at radius 3 is 2.53 bits per heavy atom. The molecule has 1 rings (SSSR count). The van der Waals surface area contributed by atoms with E-state index < -0.39 is 5.97 Å². The first-order valence-electron chi connectivity index (χ1n) is 6.28. The predicted octanol–water partition coefficient (Wildman–Crippen LogP) is 2.17. The van der Waals surface area contributed by atoms with Gasteiger partial charge in [-0.2, -0.15) is 0 Å². The first-order chi connectivity index (χ1) is 8.95. The topological polar surface area (TPSA) is 69.6 Å². The van der Waals surface area contributed by atoms with Crippen molar-refractivity contribution in [2.45, 2.75) is 26.8 Å². The molecule has 0 radical (unpaired) electrons. The Kier molecular flexibility index (Phi) is 5.36. The number of carbonyl (C=O) groups is 2. The van der Waals surface area contributed by atoms with Crippen LogP contribution in [-0.2, 0) is 4.79 Å². The highest BCUT2D eigenvalue weighted by atomic mass is 16.4. The van der Waals surface area contributed by atoms with E-state index in [1.54, 1.807) is 6.92 Å². The summed E-state index contributed by atoms with van der Waals surface area (Å²) in [5.74, 6) is -1.01. The highest BCUT2D eigenvalue weighted by molar-refractivity contribution is 5.80. The quantitative estimate of drug-likeness (QED) is 0.856. The molecule has 1 atom stereocenters. The molecule has 0 aliphatic rings. The lowest BCUT2D eigenvalue weighted by Gasteiger charge is -2.23. The second kappa shape index (κ2) is 6.78. The number of nitrogens with zero attached hydrogens (tertiary/aromatic N) is 1. The third-order valence-corrected chi connectivity index (χ3v) is 2.99. The Labute approximate surface area is 113 Å². The molecule has 0 spiro atoms. The van der Waals surface area contributed by atoms with Crippen molar-refractivity contribution in [2.24, 2.45) is 0 Å². The summed E-state index contributed by atoms with van der Waals surface area (Å²) in [4.78, 5) is 23.9. The van der Waals surface area contributed by atoms with E-state index >= 15 is 0 Å². The van der Waals surface area contributed by atoms with Crippen LogP contribution in [0.1, 0.15) is 31.0 Å². The molecular formula is C14H20N2O3. The van der Waals surface area contributed by atoms with Gasteiger partial charge in [-0.05, 0) is 31.9 Å². The zero-order chi connectivity index (χ0) is 14.4. The van der Waals surface area contributed by atoms with Gasteiger partial charge in [-0.1, -0.05) is 24.3 Å². The van der Waals surface area contributed by atoms with Gasteiger partial charge in [-0.15, -0.1) is 0 Å². The van der Waals surface area contributed by atoms with Crippen molar-refractivity contribution in [3.8, 4) is 0 Å². The maximum Gasteiger partial charge on any atom is 0.323 e. The summed E-state index contributed by atoms with van der Waals surface area (Å²) in [5.41, 5.74) is 2.12. The van der Waals surface area contributed by atoms with Crippen LogP contribution in [0.5, 0.6) is 0 Å². The number of carbonyl (C=O) groups excluding carboxylic acids is 1. The number of rotatable bonds is 5. The van der Waals surface area contributed by atoms with E-state index in [2.05, 4.69) is 5.32 Å². The smallest absolute Gasteiger partial charge is 0.323 e. The number of hydrogen-bond acceptors (Lipinski definition) is 2. The Morgan fingerprint density at radius 1 is 1.37 bits per heavy atom. The van der Waals surface area contributed by atoms with Crippen LogP contribution in [0, 0.1) is 6.92 Å². The van der Waals surface area contributed by atoms with Crippen LogP contribution >= 0.6 is 0 Å². The molecular weight excluding hydrogens is 244 g/mol. The van der Waals surface area contributed by atoms with E-state index in [4.69, 9.17) is 5.11 Å². The number of nitrogens with one attached hydrogen (secondary N) is 1. The number of hydrogen-bond donors (Lipinski definition) is 2. The molecule has 2 amide bonds. The highest BCUT2D eigenvalue weighted by Crippen LogP contribution is 2.16. The van der Waals surface area contributed by atoms with E-state index in [1.807, 2.05) is 38.1 Å². The van der Waals surface area contributed by atoms with Crippen molar-refractivity contribution >= 4 is 12.0 Å². The van der Waals surface area contributed by atoms with Crippen LogP contribution in [0.25, 0.3) is 0 Å². The Bertz CT molecular complexity index is 460. The molecule has 0 saturated carbocycles. The van der Waals surface area contributed by atoms with E-state index in [-0.39, 0.29) is 18.6 Å². The van der Waals surface area contributed by atoms with Crippen LogP contribution in [0.2, 0.25) is 0 Å². The minimum atomic E-state index is -1.01. The van der Waals surface area contributed by atoms with Crippen molar-refractivity contribution in [1.29, 1.82) is 0 Å². The second-order valence-corrected chi connectivity index (χ2v) is 4.44. The van der Waals surface area contributed by atoms with Gasteiger partial charge in [0.2, 0.25) is 0 Å². The van der Waals surface area contributed by atoms with Gasteiger partial charge < -0.3 is 15.3 Å². The summed E-state index contributed by atoms with van der Waals surface area (Å²) < 4.78 is 0. The average molecular weight is 264 g/mol. The molecule has 0 saturated heterocycles. The third kappa shape index (κ3) is 4.28. The van der Waals surface area contributed by atoms with E-state index in [9.17, 15) is 9.59 Å². The van der Waals surface area contributed by atoms with Gasteiger partial charge in [0, 0.05) is 6.54 Å². The number of likely N-dealkylation sites (N-methyl/N-ethyl adjacent to an activating group) is 1. The number of aliphatic carboxylic acids is 1. The maximum atomic E-state index is 12.0. The molecule has 0 aromatic heterocycles. The van der Waals surface area contributed by atoms with Gasteiger partial charge >= 0.3 is 12.0 Å². The van der Waals surface area contributed by atoms with E-state index in [0.717, 1.165) is 11.1 Å². The molecule has 19 heavy (non-hydrogen) atoms. The van der Waals surface area contributed by atoms with Crippen molar-refractivity contribution in [3.05, 3.63) is 35.4 Å². The normalized spacial score (nSPS) is 11.7. The van der Waals surface area contributed by atoms with Crippen molar-refractivity contribution in [3.63, 3.8) is 0 Å². The zero-order valence-corrected chi connectivity index (χ0v) is 11.5. The summed E-state index contributed by atoms with van der Waals surface area (Å²) in [5, 5.41) is 11.6. The molecule has 0 heterocycles. The molecule has 0 aliphatic heterocycles. The molecule has 2 N–H and O–H groups in total. The Balaban J connectivity index is 2.70. The number of urea groups is 1. The lowest BCUT2D eigenvalue weighted by Crippen LogP contribution is -2.43. The molecule has 5 nitrogen and oxygen atoms in total. The molecule has 0 fully saturated rings. The first kappa shape index (κ1) is 15.0. The second-order valence-electron chi connectivity index (χ2n) is 4.44. The van der Waals surface area contributed by atoms with E-state index in [1.165, 1.54) is 4.90 Å². The highest BCUT2D eigenvalue weighted by Gasteiger charge is 2.18. The summed E-state index contributed by atoms with van der Waals surface area (Å²) in [6.07, 6.45) is 0. The van der Waals surface area contributed by atoms with Gasteiger partial charge in [0.1, 0.15) is 6.54 Å². The lowest BCUT2D eigenvalue weighted by atomic mass is 10.0. The third-order valence-electron chi connectivity index (χ3n) is 2.99. The number of aryl methyl sites for hydroxylation is 1.